The summed E-state index contributed by atoms with van der Waals surface area (Å²) in [5, 5.41) is 15.6. The number of nitrogens with zero attached hydrogens (tertiary/aromatic N) is 10. The molecular formula is C44H44BrN11O2S. The summed E-state index contributed by atoms with van der Waals surface area (Å²) >= 11 is 3.44. The van der Waals surface area contributed by atoms with Crippen LogP contribution in [0.2, 0.25) is 0 Å². The van der Waals surface area contributed by atoms with E-state index in [-0.39, 0.29) is 4.90 Å². The van der Waals surface area contributed by atoms with E-state index >= 15 is 0 Å². The van der Waals surface area contributed by atoms with E-state index in [1.807, 2.05) is 49.3 Å². The second-order valence-corrected chi connectivity index (χ2v) is 18.0. The van der Waals surface area contributed by atoms with Gasteiger partial charge in [0, 0.05) is 96.6 Å². The first kappa shape index (κ1) is 38.7. The molecule has 0 saturated carbocycles. The molecule has 2 aromatic carbocycles. The van der Waals surface area contributed by atoms with Gasteiger partial charge in [0.25, 0.3) is 0 Å². The smallest absolute Gasteiger partial charge is 0.238 e. The van der Waals surface area contributed by atoms with Crippen LogP contribution in [-0.4, -0.2) is 73.8 Å². The van der Waals surface area contributed by atoms with Crippen LogP contribution in [0.3, 0.4) is 0 Å². The molecule has 2 aliphatic heterocycles. The molecule has 0 aliphatic carbocycles. The van der Waals surface area contributed by atoms with E-state index in [9.17, 15) is 8.42 Å². The third-order valence-electron chi connectivity index (χ3n) is 11.5. The van der Waals surface area contributed by atoms with Gasteiger partial charge in [-0.1, -0.05) is 44.2 Å². The first-order chi connectivity index (χ1) is 28.6. The molecular weight excluding hydrogens is 827 g/mol. The Kier molecular flexibility index (Phi) is 10.6. The normalized spacial score (nSPS) is 15.5. The van der Waals surface area contributed by atoms with Gasteiger partial charge in [0.05, 0.1) is 21.8 Å². The number of rotatable bonds is 6. The summed E-state index contributed by atoms with van der Waals surface area (Å²) in [6.07, 6.45) is 19.8. The number of benzene rings is 2. The van der Waals surface area contributed by atoms with E-state index in [4.69, 9.17) is 15.1 Å². The number of halogens is 1. The number of aromatic nitrogens is 8. The van der Waals surface area contributed by atoms with Crippen LogP contribution in [0.25, 0.3) is 55.4 Å². The van der Waals surface area contributed by atoms with E-state index in [0.29, 0.717) is 11.0 Å². The molecule has 13 nitrogen and oxygen atoms in total. The number of hydrogen-bond acceptors (Lipinski definition) is 10. The molecule has 8 aromatic rings. The minimum absolute atomic E-state index is 0.101. The topological polar surface area (TPSA) is 153 Å². The molecule has 2 aliphatic rings. The minimum atomic E-state index is -3.85. The zero-order valence-electron chi connectivity index (χ0n) is 32.9. The maximum absolute atomic E-state index is 12.1. The van der Waals surface area contributed by atoms with Gasteiger partial charge < -0.3 is 9.80 Å². The Morgan fingerprint density at radius 3 is 1.63 bits per heavy atom. The molecule has 6 aromatic heterocycles. The van der Waals surface area contributed by atoms with Crippen LogP contribution >= 0.6 is 15.9 Å². The Morgan fingerprint density at radius 2 is 1.08 bits per heavy atom. The van der Waals surface area contributed by atoms with Crippen LogP contribution in [0.4, 0.5) is 11.6 Å². The first-order valence-electron chi connectivity index (χ1n) is 19.9. The molecule has 10 rings (SSSR count). The maximum atomic E-state index is 12.1. The summed E-state index contributed by atoms with van der Waals surface area (Å²) in [7, 11) is -3.85. The summed E-state index contributed by atoms with van der Waals surface area (Å²) < 4.78 is 28.6. The lowest BCUT2D eigenvalue weighted by Crippen LogP contribution is -2.33. The first-order valence-corrected chi connectivity index (χ1v) is 22.2. The van der Waals surface area contributed by atoms with Gasteiger partial charge in [-0.2, -0.15) is 10.2 Å². The predicted octanol–water partition coefficient (Wildman–Crippen LogP) is 8.29. The molecule has 2 N–H and O–H groups in total. The molecule has 15 heteroatoms. The van der Waals surface area contributed by atoms with Crippen LogP contribution in [0.15, 0.2) is 120 Å². The van der Waals surface area contributed by atoms with Gasteiger partial charge in [0.1, 0.15) is 11.6 Å². The van der Waals surface area contributed by atoms with Gasteiger partial charge >= 0.3 is 0 Å². The van der Waals surface area contributed by atoms with Crippen molar-refractivity contribution in [2.75, 3.05) is 36.0 Å². The standard InChI is InChI=1S/C27H26N6O2S.C17H18BrN5/c1-18-10-12-32(13-11-18)26-9-6-19(14-29-26)20-15-30-27-24(16-31-33(27)17-20)22-7-8-25(36(28,34)35)23-5-3-2-4-21(22)23;1-12-4-6-22(7-5-12)16-3-2-13(8-19-16)14-9-20-17-15(18)10-21-23(17)11-14/h2-9,14-18H,10-13H2,1H3,(H2,28,34,35);2-3,8-12H,4-7H2,1H3. The monoisotopic (exact) mass is 869 g/mol. The highest BCUT2D eigenvalue weighted by molar-refractivity contribution is 9.10. The highest BCUT2D eigenvalue weighted by Crippen LogP contribution is 2.35. The fourth-order valence-electron chi connectivity index (χ4n) is 7.93. The lowest BCUT2D eigenvalue weighted by atomic mass is 9.99. The molecule has 0 bridgehead atoms. The van der Waals surface area contributed by atoms with Crippen molar-refractivity contribution in [2.24, 2.45) is 17.0 Å². The highest BCUT2D eigenvalue weighted by Gasteiger charge is 2.20. The van der Waals surface area contributed by atoms with Crippen LogP contribution < -0.4 is 14.9 Å². The van der Waals surface area contributed by atoms with Gasteiger partial charge in [0.2, 0.25) is 10.0 Å². The van der Waals surface area contributed by atoms with Gasteiger partial charge in [-0.15, -0.1) is 0 Å². The van der Waals surface area contributed by atoms with Gasteiger partial charge in [-0.25, -0.2) is 42.5 Å². The zero-order chi connectivity index (χ0) is 40.7. The Balaban J connectivity index is 0.000000168. The Bertz CT molecular complexity index is 2880. The number of nitrogens with two attached hydrogens (primary N) is 1. The van der Waals surface area contributed by atoms with Crippen molar-refractivity contribution in [2.45, 2.75) is 44.4 Å². The number of anilines is 2. The largest absolute Gasteiger partial charge is 0.357 e. The second-order valence-electron chi connectivity index (χ2n) is 15.6. The van der Waals surface area contributed by atoms with Crippen LogP contribution in [0.1, 0.15) is 39.5 Å². The Labute approximate surface area is 351 Å². The van der Waals surface area contributed by atoms with Crippen LogP contribution in [0, 0.1) is 11.8 Å². The number of piperidine rings is 2. The summed E-state index contributed by atoms with van der Waals surface area (Å²) in [6.45, 7) is 8.92. The summed E-state index contributed by atoms with van der Waals surface area (Å²) in [4.78, 5) is 23.3. The van der Waals surface area contributed by atoms with Crippen LogP contribution in [-0.2, 0) is 10.0 Å². The van der Waals surface area contributed by atoms with Crippen molar-refractivity contribution in [1.82, 2.24) is 39.2 Å². The number of pyridine rings is 2. The lowest BCUT2D eigenvalue weighted by Gasteiger charge is -2.31. The molecule has 300 valence electrons. The van der Waals surface area contributed by atoms with Gasteiger partial charge in [-0.3, -0.25) is 0 Å². The lowest BCUT2D eigenvalue weighted by molar-refractivity contribution is 0.436. The highest BCUT2D eigenvalue weighted by atomic mass is 79.9. The maximum Gasteiger partial charge on any atom is 0.238 e. The van der Waals surface area contributed by atoms with E-state index in [1.165, 1.54) is 25.7 Å². The Morgan fingerprint density at radius 1 is 0.576 bits per heavy atom. The second kappa shape index (κ2) is 16.1. The van der Waals surface area contributed by atoms with Crippen molar-refractivity contribution < 1.29 is 8.42 Å². The molecule has 8 heterocycles. The molecule has 59 heavy (non-hydrogen) atoms. The molecule has 0 amide bonds. The minimum Gasteiger partial charge on any atom is -0.357 e. The molecule has 2 saturated heterocycles. The summed E-state index contributed by atoms with van der Waals surface area (Å²) in [5.74, 6) is 3.69. The predicted molar refractivity (Wildman–Crippen MR) is 236 cm³/mol. The fraction of sp³-hybridized carbons (Fsp3) is 0.273. The summed E-state index contributed by atoms with van der Waals surface area (Å²) in [6, 6.07) is 19.0. The molecule has 0 radical (unpaired) electrons. The van der Waals surface area contributed by atoms with Crippen molar-refractivity contribution in [1.29, 1.82) is 0 Å². The third-order valence-corrected chi connectivity index (χ3v) is 13.1. The SMILES string of the molecule is CC1CCN(c2ccc(-c3cnc4c(-c5ccc(S(N)(=O)=O)c6ccccc56)cnn4c3)cn2)CC1.CC1CCN(c2ccc(-c3cnc4c(Br)cnn4c3)cn2)CC1. The third kappa shape index (κ3) is 8.01. The van der Waals surface area contributed by atoms with Crippen LogP contribution in [0.5, 0.6) is 0 Å². The molecule has 2 fully saturated rings. The van der Waals surface area contributed by atoms with E-state index in [1.54, 1.807) is 45.7 Å². The van der Waals surface area contributed by atoms with Crippen molar-refractivity contribution in [3.63, 3.8) is 0 Å². The number of sulfonamides is 1. The number of fused-ring (bicyclic) bond motifs is 3. The van der Waals surface area contributed by atoms with Gasteiger partial charge in [0.15, 0.2) is 11.3 Å². The number of hydrogen-bond donors (Lipinski definition) is 1. The quantitative estimate of drug-likeness (QED) is 0.173. The van der Waals surface area contributed by atoms with E-state index in [0.717, 1.165) is 98.5 Å². The van der Waals surface area contributed by atoms with Crippen molar-refractivity contribution >= 4 is 59.7 Å². The fourth-order valence-corrected chi connectivity index (χ4v) is 9.04. The average Bonchev–Trinajstić information content (AvgIpc) is 3.86. The van der Waals surface area contributed by atoms with Crippen molar-refractivity contribution in [3.05, 3.63) is 115 Å². The molecule has 0 spiro atoms. The average molecular weight is 871 g/mol. The van der Waals surface area contributed by atoms with E-state index in [2.05, 4.69) is 84.0 Å². The molecule has 0 atom stereocenters. The van der Waals surface area contributed by atoms with Gasteiger partial charge in [-0.05, 0) is 94.7 Å². The van der Waals surface area contributed by atoms with E-state index < -0.39 is 10.0 Å². The molecule has 0 unspecified atom stereocenters. The summed E-state index contributed by atoms with van der Waals surface area (Å²) in [5.41, 5.74) is 7.11. The Hall–Kier alpha value is -5.77. The zero-order valence-corrected chi connectivity index (χ0v) is 35.3. The van der Waals surface area contributed by atoms with Crippen molar-refractivity contribution in [3.8, 4) is 33.4 Å². The number of primary sulfonamides is 1.